The van der Waals surface area contributed by atoms with Crippen LogP contribution in [0.1, 0.15) is 0 Å². The predicted octanol–water partition coefficient (Wildman–Crippen LogP) is 1.92. The van der Waals surface area contributed by atoms with Crippen LogP contribution in [0.2, 0.25) is 0 Å². The van der Waals surface area contributed by atoms with E-state index in [-0.39, 0.29) is 5.75 Å². The molecule has 2 N–H and O–H groups in total. The average molecular weight is 341 g/mol. The van der Waals surface area contributed by atoms with Gasteiger partial charge in [-0.05, 0) is 24.3 Å². The Hall–Kier alpha value is -2.87. The quantitative estimate of drug-likeness (QED) is 0.688. The molecule has 8 heteroatoms. The van der Waals surface area contributed by atoms with E-state index in [0.29, 0.717) is 22.4 Å². The van der Waals surface area contributed by atoms with Crippen LogP contribution >= 0.6 is 11.8 Å². The summed E-state index contributed by atoms with van der Waals surface area (Å²) in [6.07, 6.45) is 1.69. The van der Waals surface area contributed by atoms with Crippen molar-refractivity contribution in [2.45, 2.75) is 5.16 Å². The van der Waals surface area contributed by atoms with E-state index >= 15 is 0 Å². The van der Waals surface area contributed by atoms with Crippen LogP contribution in [-0.4, -0.2) is 38.5 Å². The van der Waals surface area contributed by atoms with Crippen molar-refractivity contribution in [1.29, 1.82) is 0 Å². The number of primary amides is 1. The molecule has 0 fully saturated rings. The Morgan fingerprint density at radius 1 is 1.21 bits per heavy atom. The lowest BCUT2D eigenvalue weighted by Crippen LogP contribution is -2.14. The number of carbonyl (C=O) groups excluding carboxylic acids is 1. The minimum atomic E-state index is -0.422. The summed E-state index contributed by atoms with van der Waals surface area (Å²) >= 11 is 1.22. The second kappa shape index (κ2) is 7.14. The summed E-state index contributed by atoms with van der Waals surface area (Å²) in [5.41, 5.74) is 6.68. The van der Waals surface area contributed by atoms with Gasteiger partial charge in [0.15, 0.2) is 11.0 Å². The summed E-state index contributed by atoms with van der Waals surface area (Å²) in [5.74, 6) is 0.909. The Morgan fingerprint density at radius 3 is 2.71 bits per heavy atom. The molecule has 7 nitrogen and oxygen atoms in total. The molecule has 1 amide bonds. The van der Waals surface area contributed by atoms with Gasteiger partial charge in [-0.3, -0.25) is 14.3 Å². The Balaban J connectivity index is 2.16. The van der Waals surface area contributed by atoms with E-state index in [4.69, 9.17) is 10.5 Å². The fourth-order valence-corrected chi connectivity index (χ4v) is 2.88. The molecular formula is C16H15N5O2S. The number of thioether (sulfide) groups is 1. The van der Waals surface area contributed by atoms with Crippen molar-refractivity contribution in [2.24, 2.45) is 5.73 Å². The Kier molecular flexibility index (Phi) is 4.76. The normalized spacial score (nSPS) is 10.5. The summed E-state index contributed by atoms with van der Waals surface area (Å²) in [6, 6.07) is 13.1. The first-order chi connectivity index (χ1) is 11.7. The van der Waals surface area contributed by atoms with E-state index in [1.54, 1.807) is 13.3 Å². The lowest BCUT2D eigenvalue weighted by molar-refractivity contribution is -0.115. The van der Waals surface area contributed by atoms with Crippen molar-refractivity contribution in [2.75, 3.05) is 12.9 Å². The van der Waals surface area contributed by atoms with Crippen LogP contribution in [0.25, 0.3) is 17.2 Å². The predicted molar refractivity (Wildman–Crippen MR) is 91.1 cm³/mol. The van der Waals surface area contributed by atoms with Gasteiger partial charge in [0.1, 0.15) is 11.4 Å². The first-order valence-corrected chi connectivity index (χ1v) is 8.10. The number of nitrogens with zero attached hydrogens (tertiary/aromatic N) is 4. The number of hydrogen-bond acceptors (Lipinski definition) is 6. The van der Waals surface area contributed by atoms with Crippen LogP contribution in [0.15, 0.2) is 53.8 Å². The van der Waals surface area contributed by atoms with Crippen LogP contribution in [-0.2, 0) is 4.79 Å². The molecule has 122 valence electrons. The second-order valence-electron chi connectivity index (χ2n) is 4.78. The molecule has 0 bridgehead atoms. The molecule has 0 aliphatic rings. The molecule has 24 heavy (non-hydrogen) atoms. The van der Waals surface area contributed by atoms with Gasteiger partial charge >= 0.3 is 0 Å². The highest BCUT2D eigenvalue weighted by Crippen LogP contribution is 2.31. The zero-order valence-corrected chi connectivity index (χ0v) is 13.7. The van der Waals surface area contributed by atoms with Crippen LogP contribution in [0, 0.1) is 0 Å². The maximum atomic E-state index is 11.1. The number of rotatable bonds is 6. The second-order valence-corrected chi connectivity index (χ2v) is 5.73. The first-order valence-electron chi connectivity index (χ1n) is 7.12. The maximum Gasteiger partial charge on any atom is 0.227 e. The van der Waals surface area contributed by atoms with Crippen LogP contribution in [0.4, 0.5) is 0 Å². The van der Waals surface area contributed by atoms with Gasteiger partial charge in [-0.2, -0.15) is 0 Å². The summed E-state index contributed by atoms with van der Waals surface area (Å²) in [6.45, 7) is 0. The summed E-state index contributed by atoms with van der Waals surface area (Å²) in [7, 11) is 1.60. The number of nitrogens with two attached hydrogens (primary N) is 1. The van der Waals surface area contributed by atoms with Gasteiger partial charge in [-0.15, -0.1) is 10.2 Å². The molecule has 2 aromatic heterocycles. The van der Waals surface area contributed by atoms with Crippen molar-refractivity contribution in [3.05, 3.63) is 48.7 Å². The van der Waals surface area contributed by atoms with Crippen LogP contribution in [0.3, 0.4) is 0 Å². The smallest absolute Gasteiger partial charge is 0.227 e. The highest BCUT2D eigenvalue weighted by atomic mass is 32.2. The third-order valence-corrected chi connectivity index (χ3v) is 4.15. The number of methoxy groups -OCH3 is 1. The molecule has 0 saturated heterocycles. The molecule has 3 aromatic rings. The van der Waals surface area contributed by atoms with Gasteiger partial charge in [-0.25, -0.2) is 0 Å². The molecule has 2 heterocycles. The summed E-state index contributed by atoms with van der Waals surface area (Å²) < 4.78 is 7.26. The van der Waals surface area contributed by atoms with E-state index in [9.17, 15) is 4.79 Å². The minimum Gasteiger partial charge on any atom is -0.495 e. The SMILES string of the molecule is COc1ccccc1-n1c(SCC(N)=O)nnc1-c1ccccn1. The standard InChI is InChI=1S/C16H15N5O2S/c1-23-13-8-3-2-7-12(13)21-15(11-6-4-5-9-18-11)19-20-16(21)24-10-14(17)22/h2-9H,10H2,1H3,(H2,17,22). The molecule has 0 unspecified atom stereocenters. The Labute approximate surface area is 142 Å². The number of benzene rings is 1. The molecule has 0 saturated carbocycles. The van der Waals surface area contributed by atoms with E-state index < -0.39 is 5.91 Å². The van der Waals surface area contributed by atoms with Gasteiger partial charge in [0.25, 0.3) is 0 Å². The molecule has 1 aromatic carbocycles. The van der Waals surface area contributed by atoms with E-state index in [1.165, 1.54) is 11.8 Å². The first kappa shape index (κ1) is 16.0. The lowest BCUT2D eigenvalue weighted by atomic mass is 10.2. The van der Waals surface area contributed by atoms with Gasteiger partial charge in [0, 0.05) is 6.20 Å². The zero-order valence-electron chi connectivity index (χ0n) is 12.9. The van der Waals surface area contributed by atoms with E-state index in [2.05, 4.69) is 15.2 Å². The van der Waals surface area contributed by atoms with Crippen LogP contribution < -0.4 is 10.5 Å². The van der Waals surface area contributed by atoms with Gasteiger partial charge < -0.3 is 10.5 Å². The largest absolute Gasteiger partial charge is 0.495 e. The number of pyridine rings is 1. The van der Waals surface area contributed by atoms with Gasteiger partial charge in [0.05, 0.1) is 18.6 Å². The van der Waals surface area contributed by atoms with E-state index in [0.717, 1.165) is 5.69 Å². The number of ether oxygens (including phenoxy) is 1. The van der Waals surface area contributed by atoms with Crippen LogP contribution in [0.5, 0.6) is 5.75 Å². The van der Waals surface area contributed by atoms with Crippen molar-refractivity contribution >= 4 is 17.7 Å². The number of para-hydroxylation sites is 2. The third-order valence-electron chi connectivity index (χ3n) is 3.20. The molecule has 0 aliphatic carbocycles. The molecule has 0 radical (unpaired) electrons. The van der Waals surface area contributed by atoms with Gasteiger partial charge in [-0.1, -0.05) is 30.0 Å². The molecule has 0 aliphatic heterocycles. The molecule has 0 atom stereocenters. The topological polar surface area (TPSA) is 95.9 Å². The minimum absolute atomic E-state index is 0.107. The fraction of sp³-hybridized carbons (Fsp3) is 0.125. The molecular weight excluding hydrogens is 326 g/mol. The number of carbonyl (C=O) groups is 1. The number of aromatic nitrogens is 4. The average Bonchev–Trinajstić information content (AvgIpc) is 3.04. The number of hydrogen-bond donors (Lipinski definition) is 1. The Bertz CT molecular complexity index is 851. The van der Waals surface area contributed by atoms with Crippen molar-refractivity contribution in [3.8, 4) is 23.0 Å². The number of amides is 1. The molecule has 0 spiro atoms. The monoisotopic (exact) mass is 341 g/mol. The van der Waals surface area contributed by atoms with E-state index in [1.807, 2.05) is 47.0 Å². The van der Waals surface area contributed by atoms with Crippen molar-refractivity contribution in [3.63, 3.8) is 0 Å². The van der Waals surface area contributed by atoms with Crippen molar-refractivity contribution in [1.82, 2.24) is 19.7 Å². The maximum absolute atomic E-state index is 11.1. The highest BCUT2D eigenvalue weighted by Gasteiger charge is 2.19. The third kappa shape index (κ3) is 3.23. The van der Waals surface area contributed by atoms with Gasteiger partial charge in [0.2, 0.25) is 5.91 Å². The lowest BCUT2D eigenvalue weighted by Gasteiger charge is -2.13. The summed E-state index contributed by atoms with van der Waals surface area (Å²) in [4.78, 5) is 15.5. The highest BCUT2D eigenvalue weighted by molar-refractivity contribution is 7.99. The van der Waals surface area contributed by atoms with Crippen molar-refractivity contribution < 1.29 is 9.53 Å². The zero-order chi connectivity index (χ0) is 16.9. The molecule has 3 rings (SSSR count). The Morgan fingerprint density at radius 2 is 2.00 bits per heavy atom. The summed E-state index contributed by atoms with van der Waals surface area (Å²) in [5, 5.41) is 8.97. The fourth-order valence-electron chi connectivity index (χ4n) is 2.19.